The summed E-state index contributed by atoms with van der Waals surface area (Å²) in [6.07, 6.45) is 5.04. The van der Waals surface area contributed by atoms with E-state index >= 15 is 0 Å². The van der Waals surface area contributed by atoms with E-state index in [2.05, 4.69) is 17.2 Å². The number of piperidine rings is 1. The van der Waals surface area contributed by atoms with Gasteiger partial charge in [-0.05, 0) is 49.1 Å². The van der Waals surface area contributed by atoms with Crippen molar-refractivity contribution in [2.24, 2.45) is 11.7 Å². The highest BCUT2D eigenvalue weighted by atomic mass is 35.5. The summed E-state index contributed by atoms with van der Waals surface area (Å²) in [5, 5.41) is 2.81. The molecule has 0 saturated carbocycles. The molecule has 1 saturated heterocycles. The second-order valence-electron chi connectivity index (χ2n) is 6.79. The van der Waals surface area contributed by atoms with Gasteiger partial charge in [-0.15, -0.1) is 24.8 Å². The highest BCUT2D eigenvalue weighted by Gasteiger charge is 2.29. The fraction of sp³-hybridized carbons (Fsp3) is 0.350. The average Bonchev–Trinajstić information content (AvgIpc) is 2.68. The Hall–Kier alpha value is -2.15. The third kappa shape index (κ3) is 5.67. The van der Waals surface area contributed by atoms with Crippen LogP contribution in [0.1, 0.15) is 40.5 Å². The zero-order valence-corrected chi connectivity index (χ0v) is 17.3. The molecular formula is C20H26Cl2N4O2. The summed E-state index contributed by atoms with van der Waals surface area (Å²) < 4.78 is 0. The molecule has 0 aliphatic carbocycles. The Morgan fingerprint density at radius 3 is 2.64 bits per heavy atom. The van der Waals surface area contributed by atoms with Crippen LogP contribution in [0, 0.1) is 5.92 Å². The van der Waals surface area contributed by atoms with Crippen LogP contribution < -0.4 is 11.1 Å². The molecule has 1 aliphatic heterocycles. The lowest BCUT2D eigenvalue weighted by Crippen LogP contribution is -2.49. The lowest BCUT2D eigenvalue weighted by atomic mass is 9.92. The molecule has 2 atom stereocenters. The van der Waals surface area contributed by atoms with Gasteiger partial charge in [0.2, 0.25) is 0 Å². The molecule has 152 valence electrons. The smallest absolute Gasteiger partial charge is 0.257 e. The minimum Gasteiger partial charge on any atom is -0.334 e. The molecule has 1 aromatic carbocycles. The van der Waals surface area contributed by atoms with Crippen LogP contribution in [0.4, 0.5) is 5.69 Å². The molecule has 2 unspecified atom stereocenters. The van der Waals surface area contributed by atoms with E-state index in [1.54, 1.807) is 42.6 Å². The number of carbonyl (C=O) groups excluding carboxylic acids is 2. The summed E-state index contributed by atoms with van der Waals surface area (Å²) in [6, 6.07) is 10.5. The van der Waals surface area contributed by atoms with E-state index in [4.69, 9.17) is 5.73 Å². The number of halogens is 2. The van der Waals surface area contributed by atoms with Crippen molar-refractivity contribution in [2.75, 3.05) is 18.4 Å². The normalized spacial score (nSPS) is 18.4. The summed E-state index contributed by atoms with van der Waals surface area (Å²) >= 11 is 0. The van der Waals surface area contributed by atoms with Gasteiger partial charge in [-0.1, -0.05) is 13.0 Å². The van der Waals surface area contributed by atoms with Crippen molar-refractivity contribution in [3.05, 3.63) is 59.9 Å². The number of nitrogens with two attached hydrogens (primary N) is 1. The zero-order chi connectivity index (χ0) is 18.5. The molecule has 2 aromatic rings. The monoisotopic (exact) mass is 424 g/mol. The van der Waals surface area contributed by atoms with Gasteiger partial charge in [0, 0.05) is 42.8 Å². The van der Waals surface area contributed by atoms with Crippen molar-refractivity contribution in [1.82, 2.24) is 9.88 Å². The quantitative estimate of drug-likeness (QED) is 0.786. The van der Waals surface area contributed by atoms with E-state index < -0.39 is 0 Å². The largest absolute Gasteiger partial charge is 0.334 e. The van der Waals surface area contributed by atoms with Crippen molar-refractivity contribution in [3.8, 4) is 0 Å². The molecule has 0 bridgehead atoms. The molecule has 1 aliphatic rings. The second kappa shape index (κ2) is 11.0. The van der Waals surface area contributed by atoms with E-state index in [1.165, 1.54) is 6.20 Å². The Bertz CT molecular complexity index is 789. The van der Waals surface area contributed by atoms with Crippen LogP contribution in [0.5, 0.6) is 0 Å². The molecule has 1 aromatic heterocycles. The number of pyridine rings is 1. The maximum atomic E-state index is 12.9. The Kier molecular flexibility index (Phi) is 9.38. The number of hydrogen-bond donors (Lipinski definition) is 2. The molecule has 28 heavy (non-hydrogen) atoms. The number of aromatic nitrogens is 1. The number of benzene rings is 1. The number of rotatable bonds is 4. The number of carbonyl (C=O) groups is 2. The molecule has 0 spiro atoms. The van der Waals surface area contributed by atoms with E-state index in [0.29, 0.717) is 35.8 Å². The average molecular weight is 425 g/mol. The molecule has 6 nitrogen and oxygen atoms in total. The Morgan fingerprint density at radius 2 is 1.96 bits per heavy atom. The fourth-order valence-corrected chi connectivity index (χ4v) is 3.34. The predicted octanol–water partition coefficient (Wildman–Crippen LogP) is 3.38. The molecule has 8 heteroatoms. The van der Waals surface area contributed by atoms with Gasteiger partial charge in [0.15, 0.2) is 0 Å². The van der Waals surface area contributed by atoms with E-state index in [-0.39, 0.29) is 42.7 Å². The minimum atomic E-state index is -0.255. The Morgan fingerprint density at radius 1 is 1.21 bits per heavy atom. The van der Waals surface area contributed by atoms with Gasteiger partial charge in [0.05, 0.1) is 5.56 Å². The maximum absolute atomic E-state index is 12.9. The summed E-state index contributed by atoms with van der Waals surface area (Å²) in [6.45, 7) is 3.38. The van der Waals surface area contributed by atoms with Gasteiger partial charge in [-0.3, -0.25) is 14.6 Å². The van der Waals surface area contributed by atoms with Gasteiger partial charge in [0.25, 0.3) is 11.8 Å². The first-order valence-corrected chi connectivity index (χ1v) is 8.91. The summed E-state index contributed by atoms with van der Waals surface area (Å²) in [4.78, 5) is 31.0. The summed E-state index contributed by atoms with van der Waals surface area (Å²) in [7, 11) is 0. The first-order valence-electron chi connectivity index (χ1n) is 8.91. The van der Waals surface area contributed by atoms with Crippen LogP contribution in [0.25, 0.3) is 0 Å². The van der Waals surface area contributed by atoms with Crippen molar-refractivity contribution in [3.63, 3.8) is 0 Å². The van der Waals surface area contributed by atoms with E-state index in [9.17, 15) is 9.59 Å². The van der Waals surface area contributed by atoms with Crippen LogP contribution in [0.2, 0.25) is 0 Å². The first-order chi connectivity index (χ1) is 12.6. The van der Waals surface area contributed by atoms with Gasteiger partial charge in [-0.25, -0.2) is 0 Å². The number of likely N-dealkylation sites (tertiary alicyclic amines) is 1. The lowest BCUT2D eigenvalue weighted by Gasteiger charge is -2.38. The SMILES string of the molecule is CC1CCN(C(=O)c2cccc(NC(=O)c3cccnc3)c2)C(CN)C1.Cl.Cl. The van der Waals surface area contributed by atoms with Crippen LogP contribution in [-0.4, -0.2) is 40.8 Å². The third-order valence-electron chi connectivity index (χ3n) is 4.80. The molecule has 0 radical (unpaired) electrons. The van der Waals surface area contributed by atoms with E-state index in [1.807, 2.05) is 4.90 Å². The summed E-state index contributed by atoms with van der Waals surface area (Å²) in [5.74, 6) is 0.289. The van der Waals surface area contributed by atoms with Crippen LogP contribution in [0.15, 0.2) is 48.8 Å². The van der Waals surface area contributed by atoms with Crippen molar-refractivity contribution in [1.29, 1.82) is 0 Å². The Balaban J connectivity index is 0.00000196. The van der Waals surface area contributed by atoms with Crippen molar-refractivity contribution in [2.45, 2.75) is 25.8 Å². The summed E-state index contributed by atoms with van der Waals surface area (Å²) in [5.41, 5.74) is 7.49. The highest BCUT2D eigenvalue weighted by molar-refractivity contribution is 6.05. The highest BCUT2D eigenvalue weighted by Crippen LogP contribution is 2.24. The molecule has 2 heterocycles. The molecule has 3 N–H and O–H groups in total. The maximum Gasteiger partial charge on any atom is 0.257 e. The third-order valence-corrected chi connectivity index (χ3v) is 4.80. The van der Waals surface area contributed by atoms with Crippen LogP contribution in [0.3, 0.4) is 0 Å². The van der Waals surface area contributed by atoms with Gasteiger partial charge >= 0.3 is 0 Å². The number of amides is 2. The Labute approximate surface area is 177 Å². The molecular weight excluding hydrogens is 399 g/mol. The molecule has 2 amide bonds. The standard InChI is InChI=1S/C20H24N4O2.2ClH/c1-14-7-9-24(18(10-14)12-21)20(26)15-4-2-6-17(11-15)23-19(25)16-5-3-8-22-13-16;;/h2-6,8,11,13-14,18H,7,9-10,12,21H2,1H3,(H,23,25);2*1H. The number of hydrogen-bond acceptors (Lipinski definition) is 4. The zero-order valence-electron chi connectivity index (χ0n) is 15.7. The lowest BCUT2D eigenvalue weighted by molar-refractivity contribution is 0.0573. The van der Waals surface area contributed by atoms with Crippen LogP contribution in [-0.2, 0) is 0 Å². The topological polar surface area (TPSA) is 88.3 Å². The van der Waals surface area contributed by atoms with Gasteiger partial charge in [0.1, 0.15) is 0 Å². The van der Waals surface area contributed by atoms with Gasteiger partial charge in [-0.2, -0.15) is 0 Å². The van der Waals surface area contributed by atoms with Crippen molar-refractivity contribution < 1.29 is 9.59 Å². The number of nitrogens with zero attached hydrogens (tertiary/aromatic N) is 2. The first kappa shape index (κ1) is 23.9. The number of anilines is 1. The van der Waals surface area contributed by atoms with Gasteiger partial charge < -0.3 is 16.0 Å². The van der Waals surface area contributed by atoms with E-state index in [0.717, 1.165) is 12.8 Å². The second-order valence-corrected chi connectivity index (χ2v) is 6.79. The van der Waals surface area contributed by atoms with Crippen LogP contribution >= 0.6 is 24.8 Å². The number of nitrogens with one attached hydrogen (secondary N) is 1. The van der Waals surface area contributed by atoms with Crippen molar-refractivity contribution >= 4 is 42.3 Å². The molecule has 1 fully saturated rings. The molecule has 3 rings (SSSR count). The fourth-order valence-electron chi connectivity index (χ4n) is 3.34. The predicted molar refractivity (Wildman–Crippen MR) is 115 cm³/mol. The minimum absolute atomic E-state index is 0.